The van der Waals surface area contributed by atoms with E-state index in [2.05, 4.69) is 10.1 Å². The van der Waals surface area contributed by atoms with Crippen molar-refractivity contribution in [3.63, 3.8) is 0 Å². The first-order chi connectivity index (χ1) is 14.4. The molecule has 8 nitrogen and oxygen atoms in total. The first-order valence-electron chi connectivity index (χ1n) is 9.55. The van der Waals surface area contributed by atoms with Gasteiger partial charge < -0.3 is 23.9 Å². The Morgan fingerprint density at radius 1 is 1.23 bits per heavy atom. The van der Waals surface area contributed by atoms with Gasteiger partial charge in [0.25, 0.3) is 0 Å². The number of ether oxygens (including phenoxy) is 3. The van der Waals surface area contributed by atoms with Crippen LogP contribution in [0.1, 0.15) is 38.3 Å². The van der Waals surface area contributed by atoms with Gasteiger partial charge in [-0.25, -0.2) is 14.0 Å². The van der Waals surface area contributed by atoms with Gasteiger partial charge in [0.05, 0.1) is 25.7 Å². The molecule has 31 heavy (non-hydrogen) atoms. The molecule has 0 saturated carbocycles. The summed E-state index contributed by atoms with van der Waals surface area (Å²) in [5.41, 5.74) is -1.87. The highest BCUT2D eigenvalue weighted by Crippen LogP contribution is 2.31. The van der Waals surface area contributed by atoms with Crippen LogP contribution in [0.25, 0.3) is 11.0 Å². The minimum absolute atomic E-state index is 0.00689. The number of halogens is 2. The van der Waals surface area contributed by atoms with E-state index in [9.17, 15) is 23.2 Å². The second-order valence-electron chi connectivity index (χ2n) is 7.75. The third-order valence-corrected chi connectivity index (χ3v) is 4.21. The van der Waals surface area contributed by atoms with Crippen LogP contribution in [0, 0.1) is 18.6 Å². The minimum atomic E-state index is -1.17. The van der Waals surface area contributed by atoms with Crippen molar-refractivity contribution >= 4 is 23.0 Å². The van der Waals surface area contributed by atoms with Crippen LogP contribution in [-0.4, -0.2) is 37.9 Å². The van der Waals surface area contributed by atoms with Gasteiger partial charge in [-0.2, -0.15) is 4.39 Å². The van der Waals surface area contributed by atoms with Crippen LogP contribution in [0.2, 0.25) is 0 Å². The zero-order chi connectivity index (χ0) is 23.3. The average molecular weight is 441 g/mol. The molecule has 1 aromatic carbocycles. The second kappa shape index (κ2) is 9.76. The summed E-state index contributed by atoms with van der Waals surface area (Å²) in [5.74, 6) is -3.55. The van der Waals surface area contributed by atoms with E-state index in [0.29, 0.717) is 0 Å². The van der Waals surface area contributed by atoms with Crippen molar-refractivity contribution in [3.8, 4) is 5.75 Å². The summed E-state index contributed by atoms with van der Waals surface area (Å²) in [4.78, 5) is 35.2. The van der Waals surface area contributed by atoms with Gasteiger partial charge in [-0.1, -0.05) is 0 Å². The maximum absolute atomic E-state index is 14.8. The number of methoxy groups -OCH3 is 1. The lowest BCUT2D eigenvalue weighted by Crippen LogP contribution is -2.33. The Morgan fingerprint density at radius 2 is 1.90 bits per heavy atom. The van der Waals surface area contributed by atoms with Gasteiger partial charge in [0.15, 0.2) is 17.1 Å². The molecule has 0 unspecified atom stereocenters. The van der Waals surface area contributed by atoms with Gasteiger partial charge in [-0.3, -0.25) is 4.79 Å². The first kappa shape index (κ1) is 24.1. The molecule has 0 spiro atoms. The summed E-state index contributed by atoms with van der Waals surface area (Å²) in [6.45, 7) is 6.67. The van der Waals surface area contributed by atoms with Crippen LogP contribution in [0.15, 0.2) is 15.3 Å². The average Bonchev–Trinajstić information content (AvgIpc) is 2.66. The van der Waals surface area contributed by atoms with Crippen LogP contribution in [0.5, 0.6) is 5.75 Å². The lowest BCUT2D eigenvalue weighted by Gasteiger charge is -2.19. The lowest BCUT2D eigenvalue weighted by molar-refractivity contribution is -0.139. The fourth-order valence-corrected chi connectivity index (χ4v) is 2.74. The molecule has 10 heteroatoms. The zero-order valence-corrected chi connectivity index (χ0v) is 18.0. The van der Waals surface area contributed by atoms with Gasteiger partial charge in [0.1, 0.15) is 5.60 Å². The molecule has 1 aromatic heterocycles. The van der Waals surface area contributed by atoms with Gasteiger partial charge in [0.2, 0.25) is 5.82 Å². The molecule has 1 N–H and O–H groups in total. The summed E-state index contributed by atoms with van der Waals surface area (Å²) >= 11 is 0. The van der Waals surface area contributed by atoms with E-state index in [0.717, 1.165) is 13.2 Å². The largest absolute Gasteiger partial charge is 0.487 e. The maximum atomic E-state index is 14.8. The van der Waals surface area contributed by atoms with Crippen molar-refractivity contribution in [1.29, 1.82) is 0 Å². The normalized spacial score (nSPS) is 11.3. The molecule has 0 radical (unpaired) electrons. The molecule has 170 valence electrons. The third-order valence-electron chi connectivity index (χ3n) is 4.21. The molecule has 0 aliphatic carbocycles. The van der Waals surface area contributed by atoms with Crippen molar-refractivity contribution in [1.82, 2.24) is 5.32 Å². The van der Waals surface area contributed by atoms with Crippen molar-refractivity contribution in [3.05, 3.63) is 39.2 Å². The van der Waals surface area contributed by atoms with E-state index in [1.807, 2.05) is 0 Å². The number of amides is 1. The number of nitrogens with one attached hydrogen (secondary N) is 1. The Labute approximate surface area is 177 Å². The van der Waals surface area contributed by atoms with E-state index in [1.54, 1.807) is 20.8 Å². The van der Waals surface area contributed by atoms with Crippen LogP contribution in [-0.2, 0) is 20.7 Å². The molecule has 2 aromatic rings. The smallest absolute Gasteiger partial charge is 0.407 e. The summed E-state index contributed by atoms with van der Waals surface area (Å²) in [5, 5.41) is 2.51. The number of carbonyl (C=O) groups excluding carboxylic acids is 2. The summed E-state index contributed by atoms with van der Waals surface area (Å²) in [6.07, 6.45) is -0.750. The van der Waals surface area contributed by atoms with E-state index < -0.39 is 46.3 Å². The Balaban J connectivity index is 2.14. The van der Waals surface area contributed by atoms with Gasteiger partial charge in [-0.05, 0) is 45.7 Å². The fourth-order valence-electron chi connectivity index (χ4n) is 2.74. The first-order valence-corrected chi connectivity index (χ1v) is 9.55. The van der Waals surface area contributed by atoms with Crippen LogP contribution < -0.4 is 15.7 Å². The molecular formula is C21H25F2NO7. The number of carbonyl (C=O) groups is 2. The van der Waals surface area contributed by atoms with Gasteiger partial charge in [0, 0.05) is 11.9 Å². The predicted molar refractivity (Wildman–Crippen MR) is 107 cm³/mol. The second-order valence-corrected chi connectivity index (χ2v) is 7.75. The number of fused-ring (bicyclic) bond motifs is 1. The fraction of sp³-hybridized carbons (Fsp3) is 0.476. The highest BCUT2D eigenvalue weighted by atomic mass is 19.1. The highest BCUT2D eigenvalue weighted by Gasteiger charge is 2.23. The van der Waals surface area contributed by atoms with Crippen molar-refractivity contribution in [2.75, 3.05) is 20.3 Å². The molecule has 0 bridgehead atoms. The molecule has 1 heterocycles. The number of alkyl carbamates (subject to hydrolysis) is 1. The predicted octanol–water partition coefficient (Wildman–Crippen LogP) is 3.39. The Bertz CT molecular complexity index is 1040. The quantitative estimate of drug-likeness (QED) is 0.399. The SMILES string of the molecule is COC(=O)Cc1c(C)c2cc(F)c(OCCCNC(=O)OC(C)(C)C)c(F)c2oc1=O. The molecule has 2 rings (SSSR count). The number of esters is 1. The lowest BCUT2D eigenvalue weighted by atomic mass is 10.0. The molecule has 0 fully saturated rings. The molecule has 0 aliphatic heterocycles. The van der Waals surface area contributed by atoms with E-state index in [-0.39, 0.29) is 42.5 Å². The van der Waals surface area contributed by atoms with Crippen molar-refractivity contribution < 1.29 is 37.0 Å². The number of hydrogen-bond donors (Lipinski definition) is 1. The number of aryl methyl sites for hydroxylation is 1. The van der Waals surface area contributed by atoms with Gasteiger partial charge >= 0.3 is 17.7 Å². The van der Waals surface area contributed by atoms with Gasteiger partial charge in [-0.15, -0.1) is 0 Å². The molecule has 0 saturated heterocycles. The molecule has 0 aliphatic rings. The minimum Gasteiger partial charge on any atom is -0.487 e. The standard InChI is InChI=1S/C21H25F2NO7/c1-11-12-9-14(22)18(29-8-6-7-24-20(27)31-21(2,3)4)16(23)17(12)30-19(26)13(11)10-15(25)28-5/h9H,6-8,10H2,1-5H3,(H,24,27). The molecular weight excluding hydrogens is 416 g/mol. The number of hydrogen-bond acceptors (Lipinski definition) is 7. The Hall–Kier alpha value is -3.17. The van der Waals surface area contributed by atoms with E-state index in [1.165, 1.54) is 6.92 Å². The summed E-state index contributed by atoms with van der Waals surface area (Å²) < 4.78 is 49.0. The summed E-state index contributed by atoms with van der Waals surface area (Å²) in [7, 11) is 1.16. The zero-order valence-electron chi connectivity index (χ0n) is 18.0. The third kappa shape index (κ3) is 6.16. The van der Waals surface area contributed by atoms with Crippen LogP contribution >= 0.6 is 0 Å². The Kier molecular flexibility index (Phi) is 7.59. The van der Waals surface area contributed by atoms with Crippen molar-refractivity contribution in [2.24, 2.45) is 0 Å². The van der Waals surface area contributed by atoms with Crippen LogP contribution in [0.3, 0.4) is 0 Å². The maximum Gasteiger partial charge on any atom is 0.407 e. The van der Waals surface area contributed by atoms with E-state index in [4.69, 9.17) is 13.9 Å². The monoisotopic (exact) mass is 441 g/mol. The molecule has 0 atom stereocenters. The van der Waals surface area contributed by atoms with Crippen molar-refractivity contribution in [2.45, 2.75) is 46.1 Å². The molecule has 1 amide bonds. The highest BCUT2D eigenvalue weighted by molar-refractivity contribution is 5.84. The van der Waals surface area contributed by atoms with E-state index >= 15 is 0 Å². The number of benzene rings is 1. The topological polar surface area (TPSA) is 104 Å². The Morgan fingerprint density at radius 3 is 2.52 bits per heavy atom. The van der Waals surface area contributed by atoms with Crippen LogP contribution in [0.4, 0.5) is 13.6 Å². The number of rotatable bonds is 7. The summed E-state index contributed by atoms with van der Waals surface area (Å²) in [6, 6.07) is 0.978.